The Labute approximate surface area is 104 Å². The van der Waals surface area contributed by atoms with Crippen LogP contribution in [0.2, 0.25) is 0 Å². The van der Waals surface area contributed by atoms with Crippen LogP contribution in [0, 0.1) is 11.7 Å². The lowest BCUT2D eigenvalue weighted by Crippen LogP contribution is -2.27. The minimum atomic E-state index is -0.196. The van der Waals surface area contributed by atoms with Crippen LogP contribution in [0.5, 0.6) is 0 Å². The monoisotopic (exact) mass is 293 g/mol. The molecule has 1 atom stereocenters. The average molecular weight is 295 g/mol. The van der Waals surface area contributed by atoms with E-state index in [-0.39, 0.29) is 24.3 Å². The molecule has 0 radical (unpaired) electrons. The van der Waals surface area contributed by atoms with E-state index in [9.17, 15) is 4.39 Å². The van der Waals surface area contributed by atoms with Crippen LogP contribution in [0.4, 0.5) is 4.39 Å². The fraction of sp³-hybridized carbons (Fsp3) is 0.455. The standard InChI is InChI=1S/C11H13BrFN.ClH/c12-8-4-5-9(10(13)6-8)11(14)7-2-1-3-7;/h4-7,11H,1-3,14H2;1H/t11-;/m1./s1. The molecule has 1 aromatic carbocycles. The second kappa shape index (κ2) is 5.28. The third-order valence-corrected chi connectivity index (χ3v) is 3.47. The van der Waals surface area contributed by atoms with Gasteiger partial charge in [-0.3, -0.25) is 0 Å². The zero-order chi connectivity index (χ0) is 10.1. The first-order chi connectivity index (χ1) is 6.68. The largest absolute Gasteiger partial charge is 0.324 e. The molecule has 1 fully saturated rings. The number of halogens is 3. The first kappa shape index (κ1) is 12.9. The highest BCUT2D eigenvalue weighted by atomic mass is 79.9. The zero-order valence-electron chi connectivity index (χ0n) is 8.25. The topological polar surface area (TPSA) is 26.0 Å². The van der Waals surface area contributed by atoms with Gasteiger partial charge in [0, 0.05) is 16.1 Å². The van der Waals surface area contributed by atoms with E-state index >= 15 is 0 Å². The first-order valence-corrected chi connectivity index (χ1v) is 5.68. The summed E-state index contributed by atoms with van der Waals surface area (Å²) in [7, 11) is 0. The minimum Gasteiger partial charge on any atom is -0.324 e. The highest BCUT2D eigenvalue weighted by Gasteiger charge is 2.27. The summed E-state index contributed by atoms with van der Waals surface area (Å²) in [5.74, 6) is 0.282. The van der Waals surface area contributed by atoms with Gasteiger partial charge in [0.25, 0.3) is 0 Å². The average Bonchev–Trinajstić information content (AvgIpc) is 2.00. The van der Waals surface area contributed by atoms with Crippen LogP contribution < -0.4 is 5.73 Å². The lowest BCUT2D eigenvalue weighted by atomic mass is 9.77. The smallest absolute Gasteiger partial charge is 0.129 e. The van der Waals surface area contributed by atoms with Crippen molar-refractivity contribution >= 4 is 28.3 Å². The van der Waals surface area contributed by atoms with E-state index in [1.807, 2.05) is 6.07 Å². The number of hydrogen-bond donors (Lipinski definition) is 1. The second-order valence-corrected chi connectivity index (χ2v) is 4.80. The number of hydrogen-bond acceptors (Lipinski definition) is 1. The highest BCUT2D eigenvalue weighted by Crippen LogP contribution is 2.37. The molecule has 84 valence electrons. The van der Waals surface area contributed by atoms with Gasteiger partial charge in [0.15, 0.2) is 0 Å². The van der Waals surface area contributed by atoms with Crippen LogP contribution >= 0.6 is 28.3 Å². The Morgan fingerprint density at radius 3 is 2.53 bits per heavy atom. The fourth-order valence-corrected chi connectivity index (χ4v) is 2.16. The number of benzene rings is 1. The summed E-state index contributed by atoms with van der Waals surface area (Å²) in [5.41, 5.74) is 6.65. The quantitative estimate of drug-likeness (QED) is 0.882. The van der Waals surface area contributed by atoms with Crippen molar-refractivity contribution in [1.82, 2.24) is 0 Å². The zero-order valence-corrected chi connectivity index (χ0v) is 10.7. The summed E-state index contributed by atoms with van der Waals surface area (Å²) in [4.78, 5) is 0. The SMILES string of the molecule is Cl.N[C@@H](c1ccc(Br)cc1F)C1CCC1. The predicted octanol–water partition coefficient (Wildman–Crippen LogP) is 3.81. The molecule has 1 nitrogen and oxygen atoms in total. The van der Waals surface area contributed by atoms with Crippen molar-refractivity contribution in [2.75, 3.05) is 0 Å². The summed E-state index contributed by atoms with van der Waals surface area (Å²) in [6, 6.07) is 4.98. The third-order valence-electron chi connectivity index (χ3n) is 2.98. The van der Waals surface area contributed by atoms with Gasteiger partial charge in [0.1, 0.15) is 5.82 Å². The number of nitrogens with two attached hydrogens (primary N) is 1. The van der Waals surface area contributed by atoms with Crippen molar-refractivity contribution < 1.29 is 4.39 Å². The van der Waals surface area contributed by atoms with Gasteiger partial charge in [-0.25, -0.2) is 4.39 Å². The summed E-state index contributed by atoms with van der Waals surface area (Å²) < 4.78 is 14.3. The lowest BCUT2D eigenvalue weighted by molar-refractivity contribution is 0.260. The van der Waals surface area contributed by atoms with Crippen LogP contribution in [0.1, 0.15) is 30.9 Å². The van der Waals surface area contributed by atoms with Crippen LogP contribution in [0.3, 0.4) is 0 Å². The van der Waals surface area contributed by atoms with Gasteiger partial charge in [0.05, 0.1) is 0 Å². The van der Waals surface area contributed by atoms with E-state index in [1.165, 1.54) is 12.5 Å². The lowest BCUT2D eigenvalue weighted by Gasteiger charge is -2.31. The Bertz CT molecular complexity index is 341. The van der Waals surface area contributed by atoms with E-state index < -0.39 is 0 Å². The summed E-state index contributed by atoms with van der Waals surface area (Å²) in [6.45, 7) is 0. The minimum absolute atomic E-state index is 0. The van der Waals surface area contributed by atoms with E-state index in [0.717, 1.165) is 17.3 Å². The maximum Gasteiger partial charge on any atom is 0.129 e. The second-order valence-electron chi connectivity index (χ2n) is 3.88. The molecule has 0 spiro atoms. The first-order valence-electron chi connectivity index (χ1n) is 4.89. The van der Waals surface area contributed by atoms with E-state index in [1.54, 1.807) is 6.07 Å². The van der Waals surface area contributed by atoms with E-state index in [4.69, 9.17) is 5.73 Å². The normalized spacial score (nSPS) is 17.8. The molecule has 4 heteroatoms. The van der Waals surface area contributed by atoms with Crippen LogP contribution in [0.15, 0.2) is 22.7 Å². The number of rotatable bonds is 2. The molecule has 15 heavy (non-hydrogen) atoms. The molecule has 0 unspecified atom stereocenters. The Balaban J connectivity index is 0.00000112. The molecule has 0 aromatic heterocycles. The molecule has 1 aliphatic rings. The van der Waals surface area contributed by atoms with Gasteiger partial charge >= 0.3 is 0 Å². The molecular formula is C11H14BrClFN. The van der Waals surface area contributed by atoms with E-state index in [2.05, 4.69) is 15.9 Å². The highest BCUT2D eigenvalue weighted by molar-refractivity contribution is 9.10. The maximum absolute atomic E-state index is 13.5. The van der Waals surface area contributed by atoms with Gasteiger partial charge in [0.2, 0.25) is 0 Å². The van der Waals surface area contributed by atoms with Crippen LogP contribution in [-0.4, -0.2) is 0 Å². The Hall–Kier alpha value is -0.120. The molecule has 0 bridgehead atoms. The van der Waals surface area contributed by atoms with Crippen molar-refractivity contribution in [3.8, 4) is 0 Å². The molecule has 1 saturated carbocycles. The molecule has 2 N–H and O–H groups in total. The fourth-order valence-electron chi connectivity index (χ4n) is 1.82. The Morgan fingerprint density at radius 2 is 2.07 bits per heavy atom. The van der Waals surface area contributed by atoms with Gasteiger partial charge in [-0.2, -0.15) is 0 Å². The Morgan fingerprint density at radius 1 is 1.40 bits per heavy atom. The van der Waals surface area contributed by atoms with Gasteiger partial charge in [-0.05, 0) is 30.9 Å². The van der Waals surface area contributed by atoms with Gasteiger partial charge in [-0.15, -0.1) is 12.4 Å². The van der Waals surface area contributed by atoms with Gasteiger partial charge < -0.3 is 5.73 Å². The molecule has 0 aliphatic heterocycles. The van der Waals surface area contributed by atoms with Crippen molar-refractivity contribution in [1.29, 1.82) is 0 Å². The third kappa shape index (κ3) is 2.71. The summed E-state index contributed by atoms with van der Waals surface area (Å²) in [6.07, 6.45) is 3.50. The predicted molar refractivity (Wildman–Crippen MR) is 65.6 cm³/mol. The van der Waals surface area contributed by atoms with Crippen molar-refractivity contribution in [2.45, 2.75) is 25.3 Å². The molecule has 1 aromatic rings. The molecule has 1 aliphatic carbocycles. The van der Waals surface area contributed by atoms with Crippen molar-refractivity contribution in [3.05, 3.63) is 34.1 Å². The van der Waals surface area contributed by atoms with E-state index in [0.29, 0.717) is 11.5 Å². The molecular weight excluding hydrogens is 280 g/mol. The van der Waals surface area contributed by atoms with Crippen LogP contribution in [0.25, 0.3) is 0 Å². The maximum atomic E-state index is 13.5. The molecule has 0 amide bonds. The van der Waals surface area contributed by atoms with Gasteiger partial charge in [-0.1, -0.05) is 28.4 Å². The molecule has 0 heterocycles. The molecule has 0 saturated heterocycles. The summed E-state index contributed by atoms with van der Waals surface area (Å²) >= 11 is 3.23. The van der Waals surface area contributed by atoms with Crippen molar-refractivity contribution in [3.63, 3.8) is 0 Å². The molecule has 2 rings (SSSR count). The van der Waals surface area contributed by atoms with Crippen molar-refractivity contribution in [2.24, 2.45) is 11.7 Å². The Kier molecular flexibility index (Phi) is 4.56. The summed E-state index contributed by atoms with van der Waals surface area (Å²) in [5, 5.41) is 0. The van der Waals surface area contributed by atoms with Crippen LogP contribution in [-0.2, 0) is 0 Å².